The number of nitrogens with zero attached hydrogens (tertiary/aromatic N) is 2. The fourth-order valence-corrected chi connectivity index (χ4v) is 3.73. The van der Waals surface area contributed by atoms with Crippen LogP contribution in [0.3, 0.4) is 0 Å². The van der Waals surface area contributed by atoms with Crippen molar-refractivity contribution in [2.24, 2.45) is 0 Å². The number of hydrogen-bond donors (Lipinski definition) is 0. The van der Waals surface area contributed by atoms with Gasteiger partial charge in [0.1, 0.15) is 0 Å². The zero-order chi connectivity index (χ0) is 18.7. The Morgan fingerprint density at radius 2 is 1.85 bits per heavy atom. The maximum absolute atomic E-state index is 12.6. The molecule has 1 amide bonds. The first-order valence-corrected chi connectivity index (χ1v) is 9.01. The molecule has 0 bridgehead atoms. The Balaban J connectivity index is 1.80. The van der Waals surface area contributed by atoms with E-state index in [1.165, 1.54) is 40.9 Å². The minimum atomic E-state index is -0.493. The van der Waals surface area contributed by atoms with Crippen molar-refractivity contribution in [1.29, 1.82) is 0 Å². The first-order chi connectivity index (χ1) is 12.5. The average molecular weight is 403 g/mol. The van der Waals surface area contributed by atoms with Crippen LogP contribution in [0.2, 0.25) is 5.02 Å². The molecule has 26 heavy (non-hydrogen) atoms. The van der Waals surface area contributed by atoms with Gasteiger partial charge in [-0.15, -0.1) is 0 Å². The molecule has 2 aromatic rings. The minimum Gasteiger partial charge on any atom is -0.268 e. The molecule has 5 nitrogen and oxygen atoms in total. The summed E-state index contributed by atoms with van der Waals surface area (Å²) in [7, 11) is 0. The molecule has 130 valence electrons. The summed E-state index contributed by atoms with van der Waals surface area (Å²) in [4.78, 5) is 24.7. The molecule has 1 fully saturated rings. The van der Waals surface area contributed by atoms with Gasteiger partial charge in [-0.1, -0.05) is 65.9 Å². The van der Waals surface area contributed by atoms with Crippen molar-refractivity contribution in [3.05, 3.63) is 86.3 Å². The Bertz CT molecular complexity index is 955. The molecule has 1 heterocycles. The van der Waals surface area contributed by atoms with Crippen molar-refractivity contribution in [2.75, 3.05) is 4.90 Å². The molecular weight excluding hydrogens is 392 g/mol. The SMILES string of the molecule is O=C1/C(=C\C=C\c2ccccc2Cl)SC(=S)N1c1ccc([N+](=O)[O-])cc1. The molecule has 3 rings (SSSR count). The number of thiocarbonyl (C=S) groups is 1. The first-order valence-electron chi connectivity index (χ1n) is 7.41. The van der Waals surface area contributed by atoms with Crippen LogP contribution in [0, 0.1) is 10.1 Å². The third kappa shape index (κ3) is 3.85. The minimum absolute atomic E-state index is 0.0441. The van der Waals surface area contributed by atoms with E-state index in [0.717, 1.165) is 5.56 Å². The van der Waals surface area contributed by atoms with Crippen LogP contribution in [0.4, 0.5) is 11.4 Å². The number of allylic oxidation sites excluding steroid dienone is 2. The molecular formula is C18H11ClN2O3S2. The number of amides is 1. The molecule has 0 saturated carbocycles. The van der Waals surface area contributed by atoms with Crippen LogP contribution in [0.5, 0.6) is 0 Å². The zero-order valence-corrected chi connectivity index (χ0v) is 15.6. The molecule has 2 aromatic carbocycles. The predicted octanol–water partition coefficient (Wildman–Crippen LogP) is 5.21. The summed E-state index contributed by atoms with van der Waals surface area (Å²) < 4.78 is 0.376. The second kappa shape index (κ2) is 7.82. The molecule has 0 aliphatic carbocycles. The predicted molar refractivity (Wildman–Crippen MR) is 109 cm³/mol. The van der Waals surface area contributed by atoms with Crippen LogP contribution in [0.25, 0.3) is 6.08 Å². The largest absolute Gasteiger partial charge is 0.270 e. The molecule has 0 atom stereocenters. The van der Waals surface area contributed by atoms with Gasteiger partial charge in [-0.05, 0) is 29.8 Å². The van der Waals surface area contributed by atoms with E-state index >= 15 is 0 Å². The van der Waals surface area contributed by atoms with Crippen LogP contribution in [0.1, 0.15) is 5.56 Å². The zero-order valence-electron chi connectivity index (χ0n) is 13.2. The standard InChI is InChI=1S/C18H11ClN2O3S2/c19-15-6-2-1-4-12(15)5-3-7-16-17(22)20(18(25)26-16)13-8-10-14(11-9-13)21(23)24/h1-11H/b5-3+,16-7+. The first kappa shape index (κ1) is 18.3. The van der Waals surface area contributed by atoms with Crippen LogP contribution in [-0.4, -0.2) is 15.2 Å². The lowest BCUT2D eigenvalue weighted by molar-refractivity contribution is -0.384. The van der Waals surface area contributed by atoms with Crippen LogP contribution in [-0.2, 0) is 4.79 Å². The number of nitro benzene ring substituents is 1. The number of thioether (sulfide) groups is 1. The maximum atomic E-state index is 12.6. The fraction of sp³-hybridized carbons (Fsp3) is 0. The second-order valence-corrected chi connectivity index (χ2v) is 7.28. The Hall–Kier alpha value is -2.48. The van der Waals surface area contributed by atoms with Gasteiger partial charge in [0, 0.05) is 17.2 Å². The van der Waals surface area contributed by atoms with Crippen LogP contribution >= 0.6 is 35.6 Å². The lowest BCUT2D eigenvalue weighted by Gasteiger charge is -2.13. The number of anilines is 1. The van der Waals surface area contributed by atoms with Crippen molar-refractivity contribution < 1.29 is 9.72 Å². The Kier molecular flexibility index (Phi) is 5.51. The number of non-ortho nitro benzene ring substituents is 1. The third-order valence-electron chi connectivity index (χ3n) is 3.54. The Morgan fingerprint density at radius 1 is 1.15 bits per heavy atom. The van der Waals surface area contributed by atoms with Crippen molar-refractivity contribution in [1.82, 2.24) is 0 Å². The average Bonchev–Trinajstić information content (AvgIpc) is 2.90. The third-order valence-corrected chi connectivity index (χ3v) is 5.21. The summed E-state index contributed by atoms with van der Waals surface area (Å²) >= 11 is 12.5. The van der Waals surface area contributed by atoms with E-state index in [2.05, 4.69) is 0 Å². The smallest absolute Gasteiger partial charge is 0.268 e. The number of carbonyl (C=O) groups excluding carboxylic acids is 1. The Labute approximate surface area is 164 Å². The van der Waals surface area contributed by atoms with Gasteiger partial charge < -0.3 is 0 Å². The molecule has 0 N–H and O–H groups in total. The van der Waals surface area contributed by atoms with E-state index in [1.807, 2.05) is 18.2 Å². The second-order valence-electron chi connectivity index (χ2n) is 5.19. The van der Waals surface area contributed by atoms with Crippen molar-refractivity contribution >= 4 is 63.3 Å². The van der Waals surface area contributed by atoms with Gasteiger partial charge in [-0.25, -0.2) is 0 Å². The highest BCUT2D eigenvalue weighted by molar-refractivity contribution is 8.27. The molecule has 8 heteroatoms. The number of nitro groups is 1. The number of halogens is 1. The summed E-state index contributed by atoms with van der Waals surface area (Å²) in [6.45, 7) is 0. The molecule has 1 aliphatic heterocycles. The van der Waals surface area contributed by atoms with Crippen LogP contribution < -0.4 is 4.90 Å². The molecule has 1 saturated heterocycles. The highest BCUT2D eigenvalue weighted by atomic mass is 35.5. The van der Waals surface area contributed by atoms with E-state index in [4.69, 9.17) is 23.8 Å². The lowest BCUT2D eigenvalue weighted by atomic mass is 10.2. The molecule has 0 spiro atoms. The summed E-state index contributed by atoms with van der Waals surface area (Å²) in [6.07, 6.45) is 5.22. The lowest BCUT2D eigenvalue weighted by Crippen LogP contribution is -2.27. The van der Waals surface area contributed by atoms with Crippen molar-refractivity contribution in [2.45, 2.75) is 0 Å². The van der Waals surface area contributed by atoms with E-state index in [0.29, 0.717) is 19.9 Å². The van der Waals surface area contributed by atoms with Gasteiger partial charge in [-0.2, -0.15) is 0 Å². The van der Waals surface area contributed by atoms with Gasteiger partial charge in [-0.3, -0.25) is 19.8 Å². The highest BCUT2D eigenvalue weighted by Crippen LogP contribution is 2.35. The topological polar surface area (TPSA) is 63.5 Å². The number of hydrogen-bond acceptors (Lipinski definition) is 5. The van der Waals surface area contributed by atoms with Gasteiger partial charge >= 0.3 is 0 Å². The maximum Gasteiger partial charge on any atom is 0.270 e. The molecule has 0 unspecified atom stereocenters. The van der Waals surface area contributed by atoms with Crippen molar-refractivity contribution in [3.8, 4) is 0 Å². The van der Waals surface area contributed by atoms with E-state index < -0.39 is 4.92 Å². The molecule has 0 radical (unpaired) electrons. The fourth-order valence-electron chi connectivity index (χ4n) is 2.28. The Morgan fingerprint density at radius 3 is 2.50 bits per heavy atom. The number of benzene rings is 2. The van der Waals surface area contributed by atoms with Crippen molar-refractivity contribution in [3.63, 3.8) is 0 Å². The van der Waals surface area contributed by atoms with Gasteiger partial charge in [0.2, 0.25) is 0 Å². The summed E-state index contributed by atoms with van der Waals surface area (Å²) in [5, 5.41) is 11.4. The van der Waals surface area contributed by atoms with Gasteiger partial charge in [0.15, 0.2) is 4.32 Å². The van der Waals surface area contributed by atoms with E-state index in [1.54, 1.807) is 24.3 Å². The van der Waals surface area contributed by atoms with Gasteiger partial charge in [0.25, 0.3) is 11.6 Å². The number of rotatable bonds is 4. The summed E-state index contributed by atoms with van der Waals surface area (Å²) in [5.41, 5.74) is 1.30. The number of carbonyl (C=O) groups is 1. The molecule has 1 aliphatic rings. The monoisotopic (exact) mass is 402 g/mol. The van der Waals surface area contributed by atoms with E-state index in [-0.39, 0.29) is 11.6 Å². The highest BCUT2D eigenvalue weighted by Gasteiger charge is 2.33. The van der Waals surface area contributed by atoms with Gasteiger partial charge in [0.05, 0.1) is 15.5 Å². The quantitative estimate of drug-likeness (QED) is 0.304. The summed E-state index contributed by atoms with van der Waals surface area (Å²) in [6, 6.07) is 13.1. The summed E-state index contributed by atoms with van der Waals surface area (Å²) in [5.74, 6) is -0.266. The van der Waals surface area contributed by atoms with E-state index in [9.17, 15) is 14.9 Å². The normalized spacial score (nSPS) is 16.0. The molecule has 0 aromatic heterocycles. The van der Waals surface area contributed by atoms with Crippen LogP contribution in [0.15, 0.2) is 65.6 Å².